The molecule has 0 saturated carbocycles. The largest absolute Gasteiger partial charge is 0.506 e. The van der Waals surface area contributed by atoms with Crippen molar-refractivity contribution >= 4 is 11.6 Å². The summed E-state index contributed by atoms with van der Waals surface area (Å²) in [6.45, 7) is 4.36. The normalized spacial score (nSPS) is 17.5. The molecule has 0 saturated heterocycles. The van der Waals surface area contributed by atoms with Crippen molar-refractivity contribution in [3.05, 3.63) is 64.2 Å². The Hall–Kier alpha value is -1.55. The molecule has 28 heavy (non-hydrogen) atoms. The fourth-order valence-corrected chi connectivity index (χ4v) is 4.36. The third-order valence-corrected chi connectivity index (χ3v) is 6.06. The highest BCUT2D eigenvalue weighted by molar-refractivity contribution is 6.32. The molecule has 3 nitrogen and oxygen atoms in total. The van der Waals surface area contributed by atoms with Crippen LogP contribution in [-0.4, -0.2) is 55.2 Å². The van der Waals surface area contributed by atoms with Crippen LogP contribution in [0.4, 0.5) is 0 Å². The van der Waals surface area contributed by atoms with Gasteiger partial charge in [0.05, 0.1) is 5.02 Å². The summed E-state index contributed by atoms with van der Waals surface area (Å²) in [5, 5.41) is 10.7. The predicted molar refractivity (Wildman–Crippen MR) is 119 cm³/mol. The number of rotatable bonds is 8. The number of hydrogen-bond acceptors (Lipinski definition) is 3. The number of benzene rings is 2. The van der Waals surface area contributed by atoms with Gasteiger partial charge in [0, 0.05) is 19.0 Å². The number of hydrogen-bond donors (Lipinski definition) is 1. The molecular formula is C24H33ClN2O. The van der Waals surface area contributed by atoms with Gasteiger partial charge in [0.2, 0.25) is 0 Å². The molecule has 4 heteroatoms. The van der Waals surface area contributed by atoms with Gasteiger partial charge in [-0.1, -0.05) is 54.8 Å². The summed E-state index contributed by atoms with van der Waals surface area (Å²) >= 11 is 6.22. The zero-order valence-corrected chi connectivity index (χ0v) is 18.0. The molecule has 0 aromatic heterocycles. The van der Waals surface area contributed by atoms with Gasteiger partial charge in [-0.2, -0.15) is 0 Å². The average Bonchev–Trinajstić information content (AvgIpc) is 2.85. The number of aromatic hydroxyl groups is 1. The molecule has 2 aromatic rings. The molecule has 1 heterocycles. The standard InChI is InChI=1S/C24H33ClN2O/c1-26(2)13-8-3-4-9-14-27-15-12-20-16-23(25)24(28)17-21(20)22(18-27)19-10-6-5-7-11-19/h5-7,10-11,16-17,22,28H,3-4,8-9,12-15,18H2,1-2H3/t22-/m0/s1. The highest BCUT2D eigenvalue weighted by Crippen LogP contribution is 2.37. The number of phenols is 1. The highest BCUT2D eigenvalue weighted by Gasteiger charge is 2.25. The van der Waals surface area contributed by atoms with Crippen molar-refractivity contribution in [3.8, 4) is 5.75 Å². The van der Waals surface area contributed by atoms with Crippen molar-refractivity contribution in [2.24, 2.45) is 0 Å². The van der Waals surface area contributed by atoms with Gasteiger partial charge in [0.1, 0.15) is 5.75 Å². The zero-order chi connectivity index (χ0) is 19.9. The SMILES string of the molecule is CN(C)CCCCCCN1CCc2cc(Cl)c(O)cc2[C@H](c2ccccc2)C1. The first-order chi connectivity index (χ1) is 13.5. The molecule has 0 radical (unpaired) electrons. The topological polar surface area (TPSA) is 26.7 Å². The summed E-state index contributed by atoms with van der Waals surface area (Å²) in [7, 11) is 4.28. The van der Waals surface area contributed by atoms with Gasteiger partial charge in [-0.05, 0) is 75.3 Å². The molecule has 1 aliphatic heterocycles. The van der Waals surface area contributed by atoms with Crippen molar-refractivity contribution in [2.45, 2.75) is 38.0 Å². The lowest BCUT2D eigenvalue weighted by molar-refractivity contribution is 0.268. The first kappa shape index (κ1) is 21.2. The van der Waals surface area contributed by atoms with Crippen LogP contribution in [0, 0.1) is 0 Å². The van der Waals surface area contributed by atoms with Crippen molar-refractivity contribution < 1.29 is 5.11 Å². The van der Waals surface area contributed by atoms with Crippen molar-refractivity contribution in [2.75, 3.05) is 40.3 Å². The van der Waals surface area contributed by atoms with Crippen LogP contribution < -0.4 is 0 Å². The third-order valence-electron chi connectivity index (χ3n) is 5.75. The Morgan fingerprint density at radius 1 is 1.07 bits per heavy atom. The van der Waals surface area contributed by atoms with Gasteiger partial charge in [-0.25, -0.2) is 0 Å². The van der Waals surface area contributed by atoms with E-state index < -0.39 is 0 Å². The lowest BCUT2D eigenvalue weighted by Crippen LogP contribution is -2.29. The second-order valence-electron chi connectivity index (χ2n) is 8.23. The predicted octanol–water partition coefficient (Wildman–Crippen LogP) is 5.16. The third kappa shape index (κ3) is 5.73. The Morgan fingerprint density at radius 2 is 1.82 bits per heavy atom. The monoisotopic (exact) mass is 400 g/mol. The molecule has 1 aliphatic rings. The first-order valence-electron chi connectivity index (χ1n) is 10.5. The van der Waals surface area contributed by atoms with E-state index in [1.807, 2.05) is 12.1 Å². The van der Waals surface area contributed by atoms with Crippen LogP contribution in [0.1, 0.15) is 48.3 Å². The Kier molecular flexibility index (Phi) is 7.78. The molecule has 3 rings (SSSR count). The van der Waals surface area contributed by atoms with Crippen molar-refractivity contribution in [1.29, 1.82) is 0 Å². The minimum atomic E-state index is 0.190. The van der Waals surface area contributed by atoms with Gasteiger partial charge < -0.3 is 14.9 Å². The van der Waals surface area contributed by atoms with E-state index in [4.69, 9.17) is 11.6 Å². The summed E-state index contributed by atoms with van der Waals surface area (Å²) in [5.41, 5.74) is 3.80. The van der Waals surface area contributed by atoms with E-state index in [9.17, 15) is 5.11 Å². The second kappa shape index (κ2) is 10.3. The molecule has 2 aromatic carbocycles. The Labute approximate surface area is 174 Å². The van der Waals surface area contributed by atoms with Crippen LogP contribution in [-0.2, 0) is 6.42 Å². The summed E-state index contributed by atoms with van der Waals surface area (Å²) < 4.78 is 0. The van der Waals surface area contributed by atoms with Crippen LogP contribution in [0.3, 0.4) is 0 Å². The number of unbranched alkanes of at least 4 members (excludes halogenated alkanes) is 3. The minimum absolute atomic E-state index is 0.190. The van der Waals surface area contributed by atoms with E-state index >= 15 is 0 Å². The molecule has 0 amide bonds. The lowest BCUT2D eigenvalue weighted by Gasteiger charge is -2.25. The van der Waals surface area contributed by atoms with E-state index in [2.05, 4.69) is 54.2 Å². The molecule has 1 atom stereocenters. The Morgan fingerprint density at radius 3 is 2.57 bits per heavy atom. The molecule has 0 unspecified atom stereocenters. The maximum absolute atomic E-state index is 10.2. The van der Waals surface area contributed by atoms with Gasteiger partial charge in [0.25, 0.3) is 0 Å². The summed E-state index contributed by atoms with van der Waals surface area (Å²) in [6.07, 6.45) is 6.11. The summed E-state index contributed by atoms with van der Waals surface area (Å²) in [4.78, 5) is 4.85. The van der Waals surface area contributed by atoms with E-state index in [1.165, 1.54) is 48.9 Å². The van der Waals surface area contributed by atoms with Crippen molar-refractivity contribution in [1.82, 2.24) is 9.80 Å². The minimum Gasteiger partial charge on any atom is -0.506 e. The fraction of sp³-hybridized carbons (Fsp3) is 0.500. The van der Waals surface area contributed by atoms with Crippen LogP contribution in [0.5, 0.6) is 5.75 Å². The van der Waals surface area contributed by atoms with Gasteiger partial charge in [-0.3, -0.25) is 0 Å². The van der Waals surface area contributed by atoms with Crippen LogP contribution in [0.2, 0.25) is 5.02 Å². The maximum Gasteiger partial charge on any atom is 0.134 e. The van der Waals surface area contributed by atoms with Gasteiger partial charge >= 0.3 is 0 Å². The van der Waals surface area contributed by atoms with Crippen molar-refractivity contribution in [3.63, 3.8) is 0 Å². The molecule has 152 valence electrons. The van der Waals surface area contributed by atoms with Gasteiger partial charge in [0.15, 0.2) is 0 Å². The molecule has 0 spiro atoms. The van der Waals surface area contributed by atoms with E-state index in [0.29, 0.717) is 5.02 Å². The van der Waals surface area contributed by atoms with Crippen LogP contribution >= 0.6 is 11.6 Å². The molecular weight excluding hydrogens is 368 g/mol. The summed E-state index contributed by atoms with van der Waals surface area (Å²) in [5.74, 6) is 0.464. The average molecular weight is 401 g/mol. The fourth-order valence-electron chi connectivity index (χ4n) is 4.18. The van der Waals surface area contributed by atoms with E-state index in [0.717, 1.165) is 26.1 Å². The van der Waals surface area contributed by atoms with Crippen LogP contribution in [0.15, 0.2) is 42.5 Å². The molecule has 0 aliphatic carbocycles. The number of nitrogens with zero attached hydrogens (tertiary/aromatic N) is 2. The summed E-state index contributed by atoms with van der Waals surface area (Å²) in [6, 6.07) is 14.5. The molecule has 0 fully saturated rings. The molecule has 0 bridgehead atoms. The highest BCUT2D eigenvalue weighted by atomic mass is 35.5. The lowest BCUT2D eigenvalue weighted by atomic mass is 9.88. The Bertz CT molecular complexity index is 748. The molecule has 1 N–H and O–H groups in total. The quantitative estimate of drug-likeness (QED) is 0.620. The first-order valence-corrected chi connectivity index (χ1v) is 10.9. The number of halogens is 1. The van der Waals surface area contributed by atoms with E-state index in [1.54, 1.807) is 0 Å². The number of fused-ring (bicyclic) bond motifs is 1. The number of phenolic OH excluding ortho intramolecular Hbond substituents is 1. The smallest absolute Gasteiger partial charge is 0.134 e. The van der Waals surface area contributed by atoms with Gasteiger partial charge in [-0.15, -0.1) is 0 Å². The second-order valence-corrected chi connectivity index (χ2v) is 8.64. The van der Waals surface area contributed by atoms with E-state index in [-0.39, 0.29) is 11.7 Å². The Balaban J connectivity index is 1.68. The van der Waals surface area contributed by atoms with Crippen LogP contribution in [0.25, 0.3) is 0 Å². The zero-order valence-electron chi connectivity index (χ0n) is 17.2. The maximum atomic E-state index is 10.2.